The minimum Gasteiger partial charge on any atom is -0.456 e. The molecule has 3 aliphatic carbocycles. The molecule has 1 atom stereocenters. The maximum Gasteiger partial charge on any atom is 0.139 e. The number of aromatic nitrogens is 2. The van der Waals surface area contributed by atoms with Gasteiger partial charge in [-0.3, -0.25) is 9.97 Å². The summed E-state index contributed by atoms with van der Waals surface area (Å²) in [7, 11) is 0. The van der Waals surface area contributed by atoms with Crippen molar-refractivity contribution in [1.82, 2.24) is 9.97 Å². The Labute approximate surface area is 186 Å². The number of rotatable bonds is 2. The predicted molar refractivity (Wildman–Crippen MR) is 129 cm³/mol. The molecular weight excluding hydrogens is 392 g/mol. The second kappa shape index (κ2) is 6.76. The minimum atomic E-state index is 0.349. The van der Waals surface area contributed by atoms with Crippen LogP contribution in [-0.2, 0) is 0 Å². The third-order valence-electron chi connectivity index (χ3n) is 6.77. The van der Waals surface area contributed by atoms with Crippen LogP contribution in [0.4, 0.5) is 0 Å². The molecule has 3 heteroatoms. The van der Waals surface area contributed by atoms with Gasteiger partial charge in [0, 0.05) is 57.7 Å². The zero-order valence-corrected chi connectivity index (χ0v) is 17.5. The third kappa shape index (κ3) is 2.54. The van der Waals surface area contributed by atoms with Gasteiger partial charge in [0.15, 0.2) is 0 Å². The molecule has 0 spiro atoms. The van der Waals surface area contributed by atoms with E-state index < -0.39 is 0 Å². The largest absolute Gasteiger partial charge is 0.456 e. The molecule has 32 heavy (non-hydrogen) atoms. The molecule has 4 aromatic rings. The fourth-order valence-corrected chi connectivity index (χ4v) is 5.33. The van der Waals surface area contributed by atoms with Crippen molar-refractivity contribution >= 4 is 22.6 Å². The summed E-state index contributed by atoms with van der Waals surface area (Å²) in [6, 6.07) is 14.5. The quantitative estimate of drug-likeness (QED) is 0.348. The van der Waals surface area contributed by atoms with Gasteiger partial charge in [0.1, 0.15) is 11.3 Å². The first kappa shape index (κ1) is 17.7. The minimum absolute atomic E-state index is 0.349. The van der Waals surface area contributed by atoms with Crippen molar-refractivity contribution < 1.29 is 4.42 Å². The maximum atomic E-state index is 6.47. The molecule has 3 aliphatic rings. The van der Waals surface area contributed by atoms with Crippen molar-refractivity contribution in [2.24, 2.45) is 5.92 Å². The van der Waals surface area contributed by atoms with Gasteiger partial charge in [-0.25, -0.2) is 0 Å². The molecular formula is C29H20N2O. The Morgan fingerprint density at radius 3 is 2.81 bits per heavy atom. The van der Waals surface area contributed by atoms with E-state index in [4.69, 9.17) is 9.40 Å². The topological polar surface area (TPSA) is 38.9 Å². The van der Waals surface area contributed by atoms with E-state index in [9.17, 15) is 0 Å². The highest BCUT2D eigenvalue weighted by molar-refractivity contribution is 6.04. The fourth-order valence-electron chi connectivity index (χ4n) is 5.33. The Hall–Kier alpha value is -3.98. The van der Waals surface area contributed by atoms with E-state index in [0.29, 0.717) is 5.92 Å². The van der Waals surface area contributed by atoms with Crippen molar-refractivity contribution in [3.8, 4) is 22.4 Å². The van der Waals surface area contributed by atoms with Crippen LogP contribution in [0, 0.1) is 5.92 Å². The maximum absolute atomic E-state index is 6.47. The summed E-state index contributed by atoms with van der Waals surface area (Å²) in [6.07, 6.45) is 19.2. The Balaban J connectivity index is 1.41. The van der Waals surface area contributed by atoms with Crippen molar-refractivity contribution in [3.05, 3.63) is 108 Å². The number of benzene rings is 1. The van der Waals surface area contributed by atoms with Crippen LogP contribution in [-0.4, -0.2) is 9.97 Å². The van der Waals surface area contributed by atoms with Gasteiger partial charge in [-0.15, -0.1) is 0 Å². The molecule has 0 fully saturated rings. The first-order valence-corrected chi connectivity index (χ1v) is 11.1. The number of allylic oxidation sites excluding steroid dienone is 7. The molecule has 1 aromatic carbocycles. The number of hydrogen-bond acceptors (Lipinski definition) is 3. The van der Waals surface area contributed by atoms with Crippen molar-refractivity contribution in [3.63, 3.8) is 0 Å². The van der Waals surface area contributed by atoms with Gasteiger partial charge in [-0.1, -0.05) is 60.2 Å². The molecule has 0 radical (unpaired) electrons. The highest BCUT2D eigenvalue weighted by Gasteiger charge is 2.35. The van der Waals surface area contributed by atoms with Gasteiger partial charge in [-0.2, -0.15) is 0 Å². The van der Waals surface area contributed by atoms with Gasteiger partial charge >= 0.3 is 0 Å². The predicted octanol–water partition coefficient (Wildman–Crippen LogP) is 7.24. The Bertz CT molecular complexity index is 1500. The lowest BCUT2D eigenvalue weighted by molar-refractivity contribution is 0.586. The molecule has 3 heterocycles. The number of pyridine rings is 2. The monoisotopic (exact) mass is 412 g/mol. The molecule has 0 amide bonds. The van der Waals surface area contributed by atoms with Gasteiger partial charge in [0.2, 0.25) is 0 Å². The van der Waals surface area contributed by atoms with Gasteiger partial charge in [0.25, 0.3) is 0 Å². The van der Waals surface area contributed by atoms with Gasteiger partial charge < -0.3 is 4.42 Å². The van der Waals surface area contributed by atoms with Crippen LogP contribution >= 0.6 is 0 Å². The van der Waals surface area contributed by atoms with Gasteiger partial charge in [0.05, 0.1) is 5.69 Å². The van der Waals surface area contributed by atoms with Crippen molar-refractivity contribution in [2.75, 3.05) is 0 Å². The molecule has 0 N–H and O–H groups in total. The van der Waals surface area contributed by atoms with E-state index in [1.54, 1.807) is 6.20 Å². The summed E-state index contributed by atoms with van der Waals surface area (Å²) in [5.74, 6) is 1.35. The summed E-state index contributed by atoms with van der Waals surface area (Å²) in [4.78, 5) is 9.04. The highest BCUT2D eigenvalue weighted by atomic mass is 16.3. The summed E-state index contributed by atoms with van der Waals surface area (Å²) >= 11 is 0. The van der Waals surface area contributed by atoms with Crippen LogP contribution in [0.5, 0.6) is 0 Å². The molecule has 152 valence electrons. The van der Waals surface area contributed by atoms with E-state index in [-0.39, 0.29) is 0 Å². The zero-order chi connectivity index (χ0) is 21.1. The summed E-state index contributed by atoms with van der Waals surface area (Å²) in [5.41, 5.74) is 10.5. The van der Waals surface area contributed by atoms with Crippen LogP contribution < -0.4 is 0 Å². The average molecular weight is 412 g/mol. The van der Waals surface area contributed by atoms with Crippen LogP contribution in [0.1, 0.15) is 24.2 Å². The first-order chi connectivity index (χ1) is 15.9. The number of hydrogen-bond donors (Lipinski definition) is 0. The molecule has 3 nitrogen and oxygen atoms in total. The number of furan rings is 1. The lowest BCUT2D eigenvalue weighted by Crippen LogP contribution is -2.17. The highest BCUT2D eigenvalue weighted by Crippen LogP contribution is 2.51. The molecule has 0 aliphatic heterocycles. The third-order valence-corrected chi connectivity index (χ3v) is 6.77. The Morgan fingerprint density at radius 2 is 1.94 bits per heavy atom. The van der Waals surface area contributed by atoms with E-state index in [0.717, 1.165) is 52.0 Å². The van der Waals surface area contributed by atoms with E-state index in [1.165, 1.54) is 22.3 Å². The van der Waals surface area contributed by atoms with Crippen molar-refractivity contribution in [1.29, 1.82) is 0 Å². The SMILES string of the molecule is C1=CC2=CCCC3=Cc4c(oc5cccc(-c6ccc(-c7cccnc7)cn6)c45)C(=C1)C23. The van der Waals surface area contributed by atoms with E-state index in [1.807, 2.05) is 18.5 Å². The molecule has 0 saturated heterocycles. The van der Waals surface area contributed by atoms with Crippen molar-refractivity contribution in [2.45, 2.75) is 12.8 Å². The first-order valence-electron chi connectivity index (χ1n) is 11.1. The van der Waals surface area contributed by atoms with Gasteiger partial charge in [-0.05, 0) is 36.6 Å². The number of fused-ring (bicyclic) bond motifs is 4. The average Bonchev–Trinajstić information content (AvgIpc) is 3.24. The van der Waals surface area contributed by atoms with Crippen LogP contribution in [0.15, 0.2) is 101 Å². The van der Waals surface area contributed by atoms with E-state index in [2.05, 4.69) is 71.8 Å². The molecule has 3 aromatic heterocycles. The second-order valence-corrected chi connectivity index (χ2v) is 8.57. The smallest absolute Gasteiger partial charge is 0.139 e. The normalized spacial score (nSPS) is 18.5. The van der Waals surface area contributed by atoms with Crippen LogP contribution in [0.2, 0.25) is 0 Å². The van der Waals surface area contributed by atoms with Crippen LogP contribution in [0.25, 0.3) is 45.0 Å². The Kier molecular flexibility index (Phi) is 3.73. The Morgan fingerprint density at radius 1 is 0.969 bits per heavy atom. The lowest BCUT2D eigenvalue weighted by atomic mass is 9.71. The second-order valence-electron chi connectivity index (χ2n) is 8.57. The lowest BCUT2D eigenvalue weighted by Gasteiger charge is -2.32. The molecule has 7 rings (SSSR count). The summed E-state index contributed by atoms with van der Waals surface area (Å²) in [6.45, 7) is 0. The zero-order valence-electron chi connectivity index (χ0n) is 17.5. The van der Waals surface area contributed by atoms with Crippen LogP contribution in [0.3, 0.4) is 0 Å². The standard InChI is InChI=1S/C29H20N2O/c1-5-18-6-2-10-23-27(18)19(7-1)15-24-28-22(9-3-11-26(28)32-29(23)24)25-13-12-21(17-31-25)20-8-4-14-30-16-20/h2-6,8-17,27H,1,7H2. The number of nitrogens with zero attached hydrogens (tertiary/aromatic N) is 2. The molecule has 1 unspecified atom stereocenters. The molecule has 0 saturated carbocycles. The van der Waals surface area contributed by atoms with E-state index >= 15 is 0 Å². The molecule has 0 bridgehead atoms. The summed E-state index contributed by atoms with van der Waals surface area (Å²) < 4.78 is 6.47. The summed E-state index contributed by atoms with van der Waals surface area (Å²) in [5, 5.41) is 1.15. The fraction of sp³-hybridized carbons (Fsp3) is 0.103.